The minimum Gasteiger partial charge on any atom is -0.497 e. The summed E-state index contributed by atoms with van der Waals surface area (Å²) in [6, 6.07) is 14.3. The number of fused-ring (bicyclic) bond motifs is 1. The summed E-state index contributed by atoms with van der Waals surface area (Å²) >= 11 is 0. The lowest BCUT2D eigenvalue weighted by Crippen LogP contribution is -2.22. The van der Waals surface area contributed by atoms with Gasteiger partial charge in [-0.25, -0.2) is 4.99 Å². The highest BCUT2D eigenvalue weighted by Gasteiger charge is 2.18. The van der Waals surface area contributed by atoms with Gasteiger partial charge in [-0.3, -0.25) is 14.6 Å². The maximum absolute atomic E-state index is 13.5. The number of carbonyl (C=O) groups is 2. The third-order valence-corrected chi connectivity index (χ3v) is 5.61. The number of rotatable bonds is 7. The molecule has 1 amide bonds. The number of hydrogen-bond donors (Lipinski definition) is 1. The highest BCUT2D eigenvalue weighted by molar-refractivity contribution is 6.05. The summed E-state index contributed by atoms with van der Waals surface area (Å²) in [5.74, 6) is 0.189. The first kappa shape index (κ1) is 25.4. The van der Waals surface area contributed by atoms with Crippen LogP contribution in [0.1, 0.15) is 34.1 Å². The number of esters is 1. The fourth-order valence-corrected chi connectivity index (χ4v) is 3.74. The number of anilines is 1. The van der Waals surface area contributed by atoms with Crippen molar-refractivity contribution in [2.45, 2.75) is 27.4 Å². The molecule has 9 nitrogen and oxygen atoms in total. The average Bonchev–Trinajstić information content (AvgIpc) is 2.88. The quantitative estimate of drug-likeness (QED) is 0.354. The Bertz CT molecular complexity index is 1560. The van der Waals surface area contributed by atoms with Crippen molar-refractivity contribution < 1.29 is 28.2 Å². The number of hydrogen-bond acceptors (Lipinski definition) is 8. The molecule has 4 rings (SSSR count). The highest BCUT2D eigenvalue weighted by atomic mass is 16.5. The highest BCUT2D eigenvalue weighted by Crippen LogP contribution is 2.31. The standard InChI is InChI=1S/C28H27N3O6/c1-16-7-6-8-20(11-16)30-27(33)23-13-22-19(15-36-18(3)32)14-29-17(2)26(22)37-28(23)31-24-10-9-21(34-4)12-25(24)35-5/h6-14H,15H2,1-5H3,(H,30,33). The molecule has 0 saturated heterocycles. The summed E-state index contributed by atoms with van der Waals surface area (Å²) in [7, 11) is 3.08. The summed E-state index contributed by atoms with van der Waals surface area (Å²) in [6.07, 6.45) is 1.60. The zero-order valence-corrected chi connectivity index (χ0v) is 21.2. The van der Waals surface area contributed by atoms with Crippen molar-refractivity contribution in [2.24, 2.45) is 4.99 Å². The zero-order chi connectivity index (χ0) is 26.5. The number of methoxy groups -OCH3 is 2. The monoisotopic (exact) mass is 501 g/mol. The molecule has 0 radical (unpaired) electrons. The number of aromatic nitrogens is 1. The molecule has 0 saturated carbocycles. The molecule has 0 aliphatic heterocycles. The van der Waals surface area contributed by atoms with Crippen LogP contribution in [0.15, 0.2) is 64.1 Å². The Morgan fingerprint density at radius 2 is 1.86 bits per heavy atom. The number of nitrogens with one attached hydrogen (secondary N) is 1. The van der Waals surface area contributed by atoms with E-state index in [9.17, 15) is 9.59 Å². The van der Waals surface area contributed by atoms with E-state index in [0.29, 0.717) is 45.1 Å². The van der Waals surface area contributed by atoms with E-state index in [4.69, 9.17) is 18.6 Å². The van der Waals surface area contributed by atoms with Crippen LogP contribution in [0.3, 0.4) is 0 Å². The summed E-state index contributed by atoms with van der Waals surface area (Å²) in [5.41, 5.74) is 3.92. The minimum absolute atomic E-state index is 0.0175. The summed E-state index contributed by atoms with van der Waals surface area (Å²) in [5, 5.41) is 3.50. The van der Waals surface area contributed by atoms with Crippen LogP contribution < -0.4 is 20.3 Å². The maximum Gasteiger partial charge on any atom is 0.302 e. The van der Waals surface area contributed by atoms with Crippen molar-refractivity contribution in [1.82, 2.24) is 4.98 Å². The van der Waals surface area contributed by atoms with E-state index in [-0.39, 0.29) is 17.7 Å². The Morgan fingerprint density at radius 1 is 1.05 bits per heavy atom. The molecule has 37 heavy (non-hydrogen) atoms. The second-order valence-corrected chi connectivity index (χ2v) is 8.33. The Balaban J connectivity index is 1.94. The third-order valence-electron chi connectivity index (χ3n) is 5.61. The number of benzene rings is 2. The second-order valence-electron chi connectivity index (χ2n) is 8.33. The van der Waals surface area contributed by atoms with E-state index in [1.165, 1.54) is 14.0 Å². The molecule has 0 unspecified atom stereocenters. The van der Waals surface area contributed by atoms with Crippen LogP contribution in [-0.4, -0.2) is 31.1 Å². The molecule has 190 valence electrons. The van der Waals surface area contributed by atoms with Crippen LogP contribution in [0.2, 0.25) is 0 Å². The fourth-order valence-electron chi connectivity index (χ4n) is 3.74. The number of carbonyl (C=O) groups excluding carboxylic acids is 2. The van der Waals surface area contributed by atoms with E-state index >= 15 is 0 Å². The van der Waals surface area contributed by atoms with Crippen LogP contribution in [0, 0.1) is 13.8 Å². The van der Waals surface area contributed by atoms with Crippen molar-refractivity contribution in [1.29, 1.82) is 0 Å². The average molecular weight is 502 g/mol. The Kier molecular flexibility index (Phi) is 7.52. The number of nitrogens with zero attached hydrogens (tertiary/aromatic N) is 2. The summed E-state index contributed by atoms with van der Waals surface area (Å²) in [6.45, 7) is 5.03. The minimum atomic E-state index is -0.429. The molecule has 2 aromatic heterocycles. The van der Waals surface area contributed by atoms with Crippen molar-refractivity contribution in [2.75, 3.05) is 19.5 Å². The van der Waals surface area contributed by atoms with Gasteiger partial charge in [0.15, 0.2) is 5.58 Å². The fraction of sp³-hybridized carbons (Fsp3) is 0.214. The Labute approximate surface area is 213 Å². The van der Waals surface area contributed by atoms with Gasteiger partial charge in [-0.05, 0) is 49.7 Å². The molecule has 0 atom stereocenters. The Hall–Kier alpha value is -4.66. The zero-order valence-electron chi connectivity index (χ0n) is 21.2. The second kappa shape index (κ2) is 10.9. The summed E-state index contributed by atoms with van der Waals surface area (Å²) < 4.78 is 22.1. The van der Waals surface area contributed by atoms with Gasteiger partial charge >= 0.3 is 5.97 Å². The molecule has 2 heterocycles. The Morgan fingerprint density at radius 3 is 2.57 bits per heavy atom. The molecule has 0 fully saturated rings. The number of amides is 1. The molecule has 4 aromatic rings. The van der Waals surface area contributed by atoms with Crippen LogP contribution in [0.25, 0.3) is 11.0 Å². The van der Waals surface area contributed by atoms with Gasteiger partial charge in [-0.15, -0.1) is 0 Å². The molecule has 0 bridgehead atoms. The lowest BCUT2D eigenvalue weighted by atomic mass is 10.1. The largest absolute Gasteiger partial charge is 0.497 e. The molecule has 0 spiro atoms. The predicted molar refractivity (Wildman–Crippen MR) is 138 cm³/mol. The van der Waals surface area contributed by atoms with E-state index in [1.54, 1.807) is 50.6 Å². The van der Waals surface area contributed by atoms with Gasteiger partial charge in [0, 0.05) is 35.8 Å². The lowest BCUT2D eigenvalue weighted by molar-refractivity contribution is -0.142. The normalized spacial score (nSPS) is 11.3. The van der Waals surface area contributed by atoms with Crippen LogP contribution in [0.5, 0.6) is 11.5 Å². The molecule has 0 aliphatic carbocycles. The molecule has 0 aliphatic rings. The lowest BCUT2D eigenvalue weighted by Gasteiger charge is -2.12. The smallest absolute Gasteiger partial charge is 0.302 e. The van der Waals surface area contributed by atoms with E-state index < -0.39 is 11.9 Å². The maximum atomic E-state index is 13.5. The van der Waals surface area contributed by atoms with Crippen molar-refractivity contribution >= 4 is 34.2 Å². The first-order valence-electron chi connectivity index (χ1n) is 11.5. The summed E-state index contributed by atoms with van der Waals surface area (Å²) in [4.78, 5) is 34.0. The van der Waals surface area contributed by atoms with Gasteiger partial charge in [-0.1, -0.05) is 12.1 Å². The van der Waals surface area contributed by atoms with Gasteiger partial charge in [-0.2, -0.15) is 0 Å². The molecular weight excluding hydrogens is 474 g/mol. The molecule has 9 heteroatoms. The van der Waals surface area contributed by atoms with Crippen LogP contribution in [0.4, 0.5) is 11.4 Å². The van der Waals surface area contributed by atoms with Gasteiger partial charge in [0.1, 0.15) is 29.4 Å². The van der Waals surface area contributed by atoms with E-state index in [1.807, 2.05) is 25.1 Å². The van der Waals surface area contributed by atoms with Crippen molar-refractivity contribution in [3.63, 3.8) is 0 Å². The topological polar surface area (TPSA) is 112 Å². The van der Waals surface area contributed by atoms with Gasteiger partial charge in [0.05, 0.1) is 19.9 Å². The predicted octanol–water partition coefficient (Wildman–Crippen LogP) is 5.01. The van der Waals surface area contributed by atoms with Crippen molar-refractivity contribution in [3.05, 3.63) is 82.7 Å². The number of aryl methyl sites for hydroxylation is 2. The first-order chi connectivity index (χ1) is 17.8. The van der Waals surface area contributed by atoms with Crippen LogP contribution >= 0.6 is 0 Å². The van der Waals surface area contributed by atoms with Gasteiger partial charge < -0.3 is 23.9 Å². The van der Waals surface area contributed by atoms with Gasteiger partial charge in [0.25, 0.3) is 5.91 Å². The van der Waals surface area contributed by atoms with E-state index in [0.717, 1.165) is 5.56 Å². The number of ether oxygens (including phenoxy) is 3. The number of pyridine rings is 1. The SMILES string of the molecule is COc1ccc(N=c2oc3c(C)ncc(COC(C)=O)c3cc2C(=O)Nc2cccc(C)c2)c(OC)c1. The molecule has 1 N–H and O–H groups in total. The molecular formula is C28H27N3O6. The van der Waals surface area contributed by atoms with Gasteiger partial charge in [0.2, 0.25) is 5.55 Å². The van der Waals surface area contributed by atoms with Crippen molar-refractivity contribution in [3.8, 4) is 11.5 Å². The molecule has 2 aromatic carbocycles. The van der Waals surface area contributed by atoms with E-state index in [2.05, 4.69) is 15.3 Å². The third kappa shape index (κ3) is 5.78. The van der Waals surface area contributed by atoms with Crippen LogP contribution in [-0.2, 0) is 16.1 Å². The first-order valence-corrected chi connectivity index (χ1v) is 11.5.